The van der Waals surface area contributed by atoms with Gasteiger partial charge in [0.2, 0.25) is 5.91 Å². The van der Waals surface area contributed by atoms with Crippen LogP contribution >= 0.6 is 0 Å². The molecule has 3 N–H and O–H groups in total. The monoisotopic (exact) mass is 425 g/mol. The summed E-state index contributed by atoms with van der Waals surface area (Å²) in [6.45, 7) is 3.52. The molecular formula is C24H31N3O4. The Balaban J connectivity index is 2.14. The van der Waals surface area contributed by atoms with Gasteiger partial charge in [0.05, 0.1) is 14.2 Å². The van der Waals surface area contributed by atoms with E-state index >= 15 is 0 Å². The molecule has 0 spiro atoms. The van der Waals surface area contributed by atoms with E-state index in [9.17, 15) is 9.59 Å². The SMILES string of the molecule is COc1ccc(CCC(=O)[C@@H](Cc2ccccc2)N=C(N)NC(=O)C(C)C)cc1OC. The second kappa shape index (κ2) is 11.7. The molecule has 1 atom stereocenters. The molecule has 0 heterocycles. The first kappa shape index (κ1) is 23.9. The molecule has 166 valence electrons. The van der Waals surface area contributed by atoms with Gasteiger partial charge in [-0.15, -0.1) is 0 Å². The number of guanidine groups is 1. The first-order valence-electron chi connectivity index (χ1n) is 10.3. The zero-order valence-electron chi connectivity index (χ0n) is 18.6. The zero-order chi connectivity index (χ0) is 22.8. The van der Waals surface area contributed by atoms with E-state index < -0.39 is 6.04 Å². The molecule has 0 aliphatic rings. The Morgan fingerprint density at radius 3 is 2.29 bits per heavy atom. The minimum absolute atomic E-state index is 0.0425. The third-order valence-electron chi connectivity index (χ3n) is 4.82. The average Bonchev–Trinajstić information content (AvgIpc) is 2.77. The Bertz CT molecular complexity index is 910. The lowest BCUT2D eigenvalue weighted by Gasteiger charge is -2.15. The van der Waals surface area contributed by atoms with Crippen LogP contribution in [0.2, 0.25) is 0 Å². The van der Waals surface area contributed by atoms with Crippen molar-refractivity contribution in [3.63, 3.8) is 0 Å². The van der Waals surface area contributed by atoms with Crippen molar-refractivity contribution in [2.24, 2.45) is 16.6 Å². The molecule has 7 nitrogen and oxygen atoms in total. The molecule has 0 aliphatic heterocycles. The van der Waals surface area contributed by atoms with Gasteiger partial charge >= 0.3 is 0 Å². The van der Waals surface area contributed by atoms with Crippen LogP contribution in [-0.4, -0.2) is 37.9 Å². The largest absolute Gasteiger partial charge is 0.493 e. The summed E-state index contributed by atoms with van der Waals surface area (Å²) >= 11 is 0. The number of ether oxygens (including phenoxy) is 2. The summed E-state index contributed by atoms with van der Waals surface area (Å²) in [4.78, 5) is 29.3. The van der Waals surface area contributed by atoms with E-state index in [0.29, 0.717) is 24.3 Å². The van der Waals surface area contributed by atoms with E-state index in [0.717, 1.165) is 11.1 Å². The predicted molar refractivity (Wildman–Crippen MR) is 121 cm³/mol. The van der Waals surface area contributed by atoms with E-state index in [4.69, 9.17) is 15.2 Å². The van der Waals surface area contributed by atoms with Gasteiger partial charge in [-0.25, -0.2) is 4.99 Å². The smallest absolute Gasteiger partial charge is 0.229 e. The molecule has 7 heteroatoms. The molecule has 0 aromatic heterocycles. The van der Waals surface area contributed by atoms with E-state index in [1.165, 1.54) is 0 Å². The second-order valence-electron chi connectivity index (χ2n) is 7.52. The Labute approximate surface area is 183 Å². The molecule has 2 aromatic rings. The number of nitrogens with zero attached hydrogens (tertiary/aromatic N) is 1. The van der Waals surface area contributed by atoms with Crippen LogP contribution in [0.15, 0.2) is 53.5 Å². The highest BCUT2D eigenvalue weighted by atomic mass is 16.5. The maximum atomic E-state index is 13.0. The number of rotatable bonds is 10. The van der Waals surface area contributed by atoms with Crippen molar-refractivity contribution in [3.8, 4) is 11.5 Å². The normalized spacial score (nSPS) is 12.4. The number of Topliss-reactive ketones (excluding diaryl/α,β-unsaturated/α-hetero) is 1. The Morgan fingerprint density at radius 2 is 1.68 bits per heavy atom. The van der Waals surface area contributed by atoms with Crippen LogP contribution in [0.4, 0.5) is 0 Å². The lowest BCUT2D eigenvalue weighted by molar-refractivity contribution is -0.123. The van der Waals surface area contributed by atoms with Crippen LogP contribution < -0.4 is 20.5 Å². The van der Waals surface area contributed by atoms with Gasteiger partial charge in [0.25, 0.3) is 0 Å². The van der Waals surface area contributed by atoms with E-state index in [1.54, 1.807) is 28.1 Å². The highest BCUT2D eigenvalue weighted by Crippen LogP contribution is 2.28. The standard InChI is InChI=1S/C24H31N3O4/c1-16(2)23(29)27-24(25)26-19(14-17-8-6-5-7-9-17)20(28)12-10-18-11-13-21(30-3)22(15-18)31-4/h5-9,11,13,15-16,19H,10,12,14H2,1-4H3,(H3,25,26,27,29)/t19-/m1/s1. The minimum atomic E-state index is -0.685. The number of nitrogens with two attached hydrogens (primary N) is 1. The van der Waals surface area contributed by atoms with Gasteiger partial charge in [-0.3, -0.25) is 14.9 Å². The molecule has 31 heavy (non-hydrogen) atoms. The fourth-order valence-corrected chi connectivity index (χ4v) is 3.01. The number of hydrogen-bond acceptors (Lipinski definition) is 5. The van der Waals surface area contributed by atoms with E-state index in [2.05, 4.69) is 10.3 Å². The molecule has 0 unspecified atom stereocenters. The topological polar surface area (TPSA) is 103 Å². The van der Waals surface area contributed by atoms with Crippen molar-refractivity contribution >= 4 is 17.6 Å². The van der Waals surface area contributed by atoms with Crippen LogP contribution in [-0.2, 0) is 22.4 Å². The van der Waals surface area contributed by atoms with Gasteiger partial charge in [-0.2, -0.15) is 0 Å². The molecule has 0 radical (unpaired) electrons. The fourth-order valence-electron chi connectivity index (χ4n) is 3.01. The number of ketones is 1. The first-order valence-corrected chi connectivity index (χ1v) is 10.3. The molecule has 0 fully saturated rings. The number of benzene rings is 2. The van der Waals surface area contributed by atoms with Crippen LogP contribution in [0.3, 0.4) is 0 Å². The van der Waals surface area contributed by atoms with Crippen molar-refractivity contribution in [1.29, 1.82) is 0 Å². The highest BCUT2D eigenvalue weighted by molar-refractivity contribution is 5.98. The van der Waals surface area contributed by atoms with Crippen molar-refractivity contribution in [1.82, 2.24) is 5.32 Å². The quantitative estimate of drug-likeness (QED) is 0.450. The summed E-state index contributed by atoms with van der Waals surface area (Å²) in [6, 6.07) is 14.5. The summed E-state index contributed by atoms with van der Waals surface area (Å²) in [5, 5.41) is 2.56. The Morgan fingerprint density at radius 1 is 1.00 bits per heavy atom. The first-order chi connectivity index (χ1) is 14.8. The molecule has 0 aliphatic carbocycles. The second-order valence-corrected chi connectivity index (χ2v) is 7.52. The summed E-state index contributed by atoms with van der Waals surface area (Å²) in [6.07, 6.45) is 1.21. The lowest BCUT2D eigenvalue weighted by atomic mass is 9.98. The maximum Gasteiger partial charge on any atom is 0.229 e. The van der Waals surface area contributed by atoms with Crippen LogP contribution in [0.25, 0.3) is 0 Å². The van der Waals surface area contributed by atoms with Crippen molar-refractivity contribution < 1.29 is 19.1 Å². The van der Waals surface area contributed by atoms with Gasteiger partial charge in [-0.1, -0.05) is 50.2 Å². The Kier molecular flexibility index (Phi) is 9.06. The maximum absolute atomic E-state index is 13.0. The van der Waals surface area contributed by atoms with Gasteiger partial charge in [0.1, 0.15) is 6.04 Å². The highest BCUT2D eigenvalue weighted by Gasteiger charge is 2.20. The predicted octanol–water partition coefficient (Wildman–Crippen LogP) is 2.90. The van der Waals surface area contributed by atoms with Gasteiger partial charge in [0.15, 0.2) is 23.2 Å². The number of carbonyl (C=O) groups excluding carboxylic acids is 2. The fraction of sp³-hybridized carbons (Fsp3) is 0.375. The molecule has 2 aromatic carbocycles. The number of amides is 1. The molecular weight excluding hydrogens is 394 g/mol. The summed E-state index contributed by atoms with van der Waals surface area (Å²) in [5.41, 5.74) is 7.84. The van der Waals surface area contributed by atoms with E-state index in [1.807, 2.05) is 48.5 Å². The van der Waals surface area contributed by atoms with Gasteiger partial charge < -0.3 is 15.2 Å². The molecule has 0 bridgehead atoms. The molecule has 1 amide bonds. The third kappa shape index (κ3) is 7.44. The lowest BCUT2D eigenvalue weighted by Crippen LogP contribution is -2.41. The summed E-state index contributed by atoms with van der Waals surface area (Å²) in [7, 11) is 3.15. The number of hydrogen-bond donors (Lipinski definition) is 2. The number of aliphatic imine (C=N–C) groups is 1. The number of methoxy groups -OCH3 is 2. The van der Waals surface area contributed by atoms with Crippen LogP contribution in [0, 0.1) is 5.92 Å². The number of aryl methyl sites for hydroxylation is 1. The zero-order valence-corrected chi connectivity index (χ0v) is 18.6. The van der Waals surface area contributed by atoms with Crippen molar-refractivity contribution in [3.05, 3.63) is 59.7 Å². The van der Waals surface area contributed by atoms with Crippen molar-refractivity contribution in [2.75, 3.05) is 14.2 Å². The summed E-state index contributed by atoms with van der Waals surface area (Å²) in [5.74, 6) is 0.684. The van der Waals surface area contributed by atoms with Gasteiger partial charge in [-0.05, 0) is 29.7 Å². The molecule has 2 rings (SSSR count). The van der Waals surface area contributed by atoms with Crippen molar-refractivity contribution in [2.45, 2.75) is 39.2 Å². The van der Waals surface area contributed by atoms with Crippen LogP contribution in [0.5, 0.6) is 11.5 Å². The molecule has 0 saturated heterocycles. The van der Waals surface area contributed by atoms with Gasteiger partial charge in [0, 0.05) is 18.8 Å². The van der Waals surface area contributed by atoms with E-state index in [-0.39, 0.29) is 30.0 Å². The van der Waals surface area contributed by atoms with Crippen LogP contribution in [0.1, 0.15) is 31.4 Å². The third-order valence-corrected chi connectivity index (χ3v) is 4.82. The number of nitrogens with one attached hydrogen (secondary N) is 1. The average molecular weight is 426 g/mol. The summed E-state index contributed by atoms with van der Waals surface area (Å²) < 4.78 is 10.6. The Hall–Kier alpha value is -3.35. The minimum Gasteiger partial charge on any atom is -0.493 e. The number of carbonyl (C=O) groups is 2. The molecule has 0 saturated carbocycles.